The molecular formula is C10H16F2O2. The minimum absolute atomic E-state index is 0.163. The predicted molar refractivity (Wildman–Crippen MR) is 50.0 cm³/mol. The van der Waals surface area contributed by atoms with Gasteiger partial charge in [-0.25, -0.2) is 0 Å². The maximum absolute atomic E-state index is 12.3. The third-order valence-corrected chi connectivity index (χ3v) is 1.91. The van der Waals surface area contributed by atoms with Crippen LogP contribution in [0.1, 0.15) is 39.0 Å². The molecule has 0 aliphatic rings. The van der Waals surface area contributed by atoms with E-state index in [-0.39, 0.29) is 24.4 Å². The topological polar surface area (TPSA) is 26.3 Å². The Bertz CT molecular complexity index is 208. The highest BCUT2D eigenvalue weighted by Gasteiger charge is 2.07. The summed E-state index contributed by atoms with van der Waals surface area (Å²) in [6.07, 6.45) is 0.424. The van der Waals surface area contributed by atoms with Crippen LogP contribution in [-0.2, 0) is 9.53 Å². The van der Waals surface area contributed by atoms with Crippen molar-refractivity contribution in [1.82, 2.24) is 0 Å². The van der Waals surface area contributed by atoms with Crippen LogP contribution >= 0.6 is 0 Å². The number of carbonyl (C=O) groups is 1. The SMILES string of the molecule is CCCC(CCCC(=O)OC)=C(F)F. The van der Waals surface area contributed by atoms with E-state index in [2.05, 4.69) is 4.74 Å². The number of allylic oxidation sites excluding steroid dienone is 1. The van der Waals surface area contributed by atoms with Crippen molar-refractivity contribution in [3.05, 3.63) is 11.7 Å². The van der Waals surface area contributed by atoms with Gasteiger partial charge in [0.2, 0.25) is 0 Å². The standard InChI is InChI=1S/C10H16F2O2/c1-3-5-8(10(11)12)6-4-7-9(13)14-2/h3-7H2,1-2H3. The van der Waals surface area contributed by atoms with Crippen molar-refractivity contribution >= 4 is 5.97 Å². The molecule has 0 atom stereocenters. The molecule has 4 heteroatoms. The van der Waals surface area contributed by atoms with E-state index in [1.165, 1.54) is 7.11 Å². The van der Waals surface area contributed by atoms with Gasteiger partial charge >= 0.3 is 5.97 Å². The summed E-state index contributed by atoms with van der Waals surface area (Å²) in [4.78, 5) is 10.7. The smallest absolute Gasteiger partial charge is 0.305 e. The average Bonchev–Trinajstić information content (AvgIpc) is 2.16. The van der Waals surface area contributed by atoms with Crippen molar-refractivity contribution in [2.75, 3.05) is 7.11 Å². The molecule has 82 valence electrons. The Morgan fingerprint density at radius 2 is 1.86 bits per heavy atom. The van der Waals surface area contributed by atoms with Gasteiger partial charge in [-0.05, 0) is 24.8 Å². The highest BCUT2D eigenvalue weighted by atomic mass is 19.3. The number of rotatable bonds is 6. The zero-order valence-corrected chi connectivity index (χ0v) is 8.61. The molecule has 2 nitrogen and oxygen atoms in total. The van der Waals surface area contributed by atoms with Crippen LogP contribution in [0.5, 0.6) is 0 Å². The van der Waals surface area contributed by atoms with Crippen LogP contribution in [-0.4, -0.2) is 13.1 Å². The van der Waals surface area contributed by atoms with E-state index in [0.717, 1.165) is 0 Å². The van der Waals surface area contributed by atoms with Gasteiger partial charge in [-0.1, -0.05) is 13.3 Å². The zero-order valence-electron chi connectivity index (χ0n) is 8.61. The Hall–Kier alpha value is -0.930. The fourth-order valence-electron chi connectivity index (χ4n) is 1.16. The third kappa shape index (κ3) is 5.67. The summed E-state index contributed by atoms with van der Waals surface area (Å²) in [6, 6.07) is 0. The molecule has 0 aromatic carbocycles. The van der Waals surface area contributed by atoms with Crippen molar-refractivity contribution in [3.8, 4) is 0 Å². The average molecular weight is 206 g/mol. The second-order valence-corrected chi connectivity index (χ2v) is 3.04. The maximum Gasteiger partial charge on any atom is 0.305 e. The summed E-state index contributed by atoms with van der Waals surface area (Å²) in [5.41, 5.74) is 0.163. The van der Waals surface area contributed by atoms with E-state index < -0.39 is 6.08 Å². The number of esters is 1. The van der Waals surface area contributed by atoms with Crippen molar-refractivity contribution < 1.29 is 18.3 Å². The van der Waals surface area contributed by atoms with Crippen LogP contribution in [0, 0.1) is 0 Å². The monoisotopic (exact) mass is 206 g/mol. The highest BCUT2D eigenvalue weighted by molar-refractivity contribution is 5.69. The van der Waals surface area contributed by atoms with Gasteiger partial charge < -0.3 is 4.74 Å². The molecule has 0 aliphatic carbocycles. The van der Waals surface area contributed by atoms with Gasteiger partial charge in [-0.3, -0.25) is 4.79 Å². The molecule has 0 bridgehead atoms. The van der Waals surface area contributed by atoms with Gasteiger partial charge in [0.05, 0.1) is 7.11 Å². The van der Waals surface area contributed by atoms with Gasteiger partial charge in [0, 0.05) is 6.42 Å². The third-order valence-electron chi connectivity index (χ3n) is 1.91. The second-order valence-electron chi connectivity index (χ2n) is 3.04. The van der Waals surface area contributed by atoms with E-state index >= 15 is 0 Å². The summed E-state index contributed by atoms with van der Waals surface area (Å²) in [6.45, 7) is 1.85. The lowest BCUT2D eigenvalue weighted by Gasteiger charge is -2.03. The number of carbonyl (C=O) groups excluding carboxylic acids is 1. The van der Waals surface area contributed by atoms with E-state index in [1.807, 2.05) is 6.92 Å². The summed E-state index contributed by atoms with van der Waals surface area (Å²) >= 11 is 0. The van der Waals surface area contributed by atoms with Crippen LogP contribution in [0.3, 0.4) is 0 Å². The Balaban J connectivity index is 3.85. The van der Waals surface area contributed by atoms with E-state index in [1.54, 1.807) is 0 Å². The van der Waals surface area contributed by atoms with Crippen LogP contribution < -0.4 is 0 Å². The molecule has 0 rings (SSSR count). The van der Waals surface area contributed by atoms with Crippen LogP contribution in [0.15, 0.2) is 11.7 Å². The molecule has 14 heavy (non-hydrogen) atoms. The van der Waals surface area contributed by atoms with Crippen LogP contribution in [0.2, 0.25) is 0 Å². The number of ether oxygens (including phenoxy) is 1. The van der Waals surface area contributed by atoms with Crippen molar-refractivity contribution in [2.45, 2.75) is 39.0 Å². The zero-order chi connectivity index (χ0) is 11.0. The Kier molecular flexibility index (Phi) is 6.98. The molecule has 0 radical (unpaired) electrons. The van der Waals surface area contributed by atoms with Crippen molar-refractivity contribution in [2.24, 2.45) is 0 Å². The molecule has 0 saturated heterocycles. The highest BCUT2D eigenvalue weighted by Crippen LogP contribution is 2.20. The molecule has 0 unspecified atom stereocenters. The van der Waals surface area contributed by atoms with Gasteiger partial charge in [-0.15, -0.1) is 0 Å². The van der Waals surface area contributed by atoms with Gasteiger partial charge in [-0.2, -0.15) is 8.78 Å². The number of methoxy groups -OCH3 is 1. The van der Waals surface area contributed by atoms with Crippen molar-refractivity contribution in [1.29, 1.82) is 0 Å². The molecule has 0 amide bonds. The molecule has 0 spiro atoms. The molecule has 0 fully saturated rings. The summed E-state index contributed by atoms with van der Waals surface area (Å²) < 4.78 is 28.9. The normalized spacial score (nSPS) is 9.71. The Morgan fingerprint density at radius 1 is 1.21 bits per heavy atom. The first kappa shape index (κ1) is 13.1. The maximum atomic E-state index is 12.3. The summed E-state index contributed by atoms with van der Waals surface area (Å²) in [7, 11) is 1.29. The van der Waals surface area contributed by atoms with E-state index in [9.17, 15) is 13.6 Å². The number of hydrogen-bond acceptors (Lipinski definition) is 2. The Labute approximate surface area is 82.9 Å². The lowest BCUT2D eigenvalue weighted by atomic mass is 10.1. The molecule has 0 saturated carbocycles. The van der Waals surface area contributed by atoms with Crippen LogP contribution in [0.4, 0.5) is 8.78 Å². The van der Waals surface area contributed by atoms with Gasteiger partial charge in [0.1, 0.15) is 0 Å². The van der Waals surface area contributed by atoms with Crippen molar-refractivity contribution in [3.63, 3.8) is 0 Å². The predicted octanol–water partition coefficient (Wildman–Crippen LogP) is 3.28. The largest absolute Gasteiger partial charge is 0.469 e. The number of hydrogen-bond donors (Lipinski definition) is 0. The first-order valence-corrected chi connectivity index (χ1v) is 4.71. The lowest BCUT2D eigenvalue weighted by molar-refractivity contribution is -0.140. The molecular weight excluding hydrogens is 190 g/mol. The fourth-order valence-corrected chi connectivity index (χ4v) is 1.16. The molecule has 0 aromatic rings. The van der Waals surface area contributed by atoms with E-state index in [0.29, 0.717) is 19.3 Å². The quantitative estimate of drug-likeness (QED) is 0.623. The number of halogens is 2. The molecule has 0 heterocycles. The minimum atomic E-state index is -1.60. The second kappa shape index (κ2) is 7.47. The fraction of sp³-hybridized carbons (Fsp3) is 0.700. The molecule has 0 N–H and O–H groups in total. The minimum Gasteiger partial charge on any atom is -0.469 e. The molecule has 0 aromatic heterocycles. The summed E-state index contributed by atoms with van der Waals surface area (Å²) in [5, 5.41) is 0. The van der Waals surface area contributed by atoms with Gasteiger partial charge in [0.25, 0.3) is 6.08 Å². The summed E-state index contributed by atoms with van der Waals surface area (Å²) in [5.74, 6) is -0.347. The lowest BCUT2D eigenvalue weighted by Crippen LogP contribution is -2.00. The van der Waals surface area contributed by atoms with Crippen LogP contribution in [0.25, 0.3) is 0 Å². The molecule has 0 aliphatic heterocycles. The Morgan fingerprint density at radius 3 is 2.29 bits per heavy atom. The van der Waals surface area contributed by atoms with Gasteiger partial charge in [0.15, 0.2) is 0 Å². The first-order chi connectivity index (χ1) is 6.61. The van der Waals surface area contributed by atoms with E-state index in [4.69, 9.17) is 0 Å². The first-order valence-electron chi connectivity index (χ1n) is 4.71.